The first-order valence-corrected chi connectivity index (χ1v) is 7.23. The Bertz CT molecular complexity index is 508. The van der Waals surface area contributed by atoms with Gasteiger partial charge in [-0.25, -0.2) is 4.39 Å². The van der Waals surface area contributed by atoms with Gasteiger partial charge in [0.05, 0.1) is 5.56 Å². The second-order valence-corrected chi connectivity index (χ2v) is 5.75. The van der Waals surface area contributed by atoms with Gasteiger partial charge in [-0.15, -0.1) is 0 Å². The number of carbonyl (C=O) groups is 1. The highest BCUT2D eigenvalue weighted by atomic mass is 19.1. The van der Waals surface area contributed by atoms with Crippen LogP contribution in [-0.2, 0) is 0 Å². The number of hydrogen-bond donors (Lipinski definition) is 2. The highest BCUT2D eigenvalue weighted by Gasteiger charge is 2.32. The Hall–Kier alpha value is -1.62. The Labute approximate surface area is 118 Å². The quantitative estimate of drug-likeness (QED) is 0.828. The number of nitrogens with one attached hydrogen (secondary N) is 1. The molecule has 1 heterocycles. The van der Waals surface area contributed by atoms with Gasteiger partial charge in [0, 0.05) is 30.9 Å². The van der Waals surface area contributed by atoms with Crippen LogP contribution in [0.2, 0.25) is 0 Å². The molecule has 1 saturated heterocycles. The van der Waals surface area contributed by atoms with Crippen LogP contribution in [0.3, 0.4) is 0 Å². The molecule has 0 unspecified atom stereocenters. The summed E-state index contributed by atoms with van der Waals surface area (Å²) in [6, 6.07) is 4.84. The molecule has 1 aromatic rings. The van der Waals surface area contributed by atoms with Crippen molar-refractivity contribution in [2.45, 2.75) is 37.8 Å². The molecule has 1 aromatic carbocycles. The number of piperidine rings is 1. The van der Waals surface area contributed by atoms with E-state index in [1.807, 2.05) is 0 Å². The number of carbonyl (C=O) groups excluding carboxylic acids is 1. The smallest absolute Gasteiger partial charge is 0.253 e. The van der Waals surface area contributed by atoms with Gasteiger partial charge < -0.3 is 16.0 Å². The molecule has 5 heteroatoms. The number of anilines is 1. The Morgan fingerprint density at radius 1 is 1.25 bits per heavy atom. The van der Waals surface area contributed by atoms with Gasteiger partial charge in [0.15, 0.2) is 0 Å². The minimum absolute atomic E-state index is 0.167. The zero-order valence-electron chi connectivity index (χ0n) is 11.4. The second kappa shape index (κ2) is 5.40. The first-order chi connectivity index (χ1) is 9.63. The van der Waals surface area contributed by atoms with Crippen LogP contribution in [0.15, 0.2) is 18.2 Å². The maximum atomic E-state index is 13.2. The van der Waals surface area contributed by atoms with Crippen molar-refractivity contribution in [3.8, 4) is 0 Å². The Morgan fingerprint density at radius 2 is 1.95 bits per heavy atom. The Balaban J connectivity index is 1.57. The van der Waals surface area contributed by atoms with E-state index < -0.39 is 5.82 Å². The van der Waals surface area contributed by atoms with Crippen molar-refractivity contribution >= 4 is 11.6 Å². The number of nitrogen functional groups attached to an aromatic ring is 1. The van der Waals surface area contributed by atoms with Crippen LogP contribution >= 0.6 is 0 Å². The molecule has 4 nitrogen and oxygen atoms in total. The lowest BCUT2D eigenvalue weighted by molar-refractivity contribution is 0.0909. The number of amides is 1. The van der Waals surface area contributed by atoms with Gasteiger partial charge in [-0.1, -0.05) is 0 Å². The second-order valence-electron chi connectivity index (χ2n) is 5.75. The number of nitrogens with two attached hydrogens (primary N) is 1. The van der Waals surface area contributed by atoms with E-state index in [-0.39, 0.29) is 17.5 Å². The first-order valence-electron chi connectivity index (χ1n) is 7.23. The standard InChI is InChI=1S/C15H20FN3O/c16-10-1-4-14(17)13(9-10)15(20)18-11-5-7-19(8-6-11)12-2-3-12/h1,4,9,11-12H,2-3,5-8,17H2,(H,18,20). The zero-order valence-corrected chi connectivity index (χ0v) is 11.4. The van der Waals surface area contributed by atoms with E-state index in [1.54, 1.807) is 0 Å². The number of halogens is 1. The highest BCUT2D eigenvalue weighted by Crippen LogP contribution is 2.29. The van der Waals surface area contributed by atoms with Gasteiger partial charge in [-0.05, 0) is 43.9 Å². The maximum Gasteiger partial charge on any atom is 0.253 e. The van der Waals surface area contributed by atoms with Crippen molar-refractivity contribution in [2.75, 3.05) is 18.8 Å². The molecule has 1 aliphatic heterocycles. The van der Waals surface area contributed by atoms with E-state index in [0.717, 1.165) is 32.0 Å². The average molecular weight is 277 g/mol. The van der Waals surface area contributed by atoms with Gasteiger partial charge in [0.25, 0.3) is 5.91 Å². The number of hydrogen-bond acceptors (Lipinski definition) is 3. The third-order valence-corrected chi connectivity index (χ3v) is 4.19. The predicted octanol–water partition coefficient (Wildman–Crippen LogP) is 1.76. The van der Waals surface area contributed by atoms with Crippen LogP contribution in [-0.4, -0.2) is 36.0 Å². The third-order valence-electron chi connectivity index (χ3n) is 4.19. The summed E-state index contributed by atoms with van der Waals surface area (Å²) in [5.41, 5.74) is 6.28. The van der Waals surface area contributed by atoms with E-state index in [2.05, 4.69) is 10.2 Å². The normalized spacial score (nSPS) is 20.9. The van der Waals surface area contributed by atoms with Crippen LogP contribution in [0.4, 0.5) is 10.1 Å². The lowest BCUT2D eigenvalue weighted by atomic mass is 10.0. The molecule has 3 N–H and O–H groups in total. The monoisotopic (exact) mass is 277 g/mol. The Morgan fingerprint density at radius 3 is 2.60 bits per heavy atom. The van der Waals surface area contributed by atoms with Gasteiger partial charge in [0.2, 0.25) is 0 Å². The fraction of sp³-hybridized carbons (Fsp3) is 0.533. The SMILES string of the molecule is Nc1ccc(F)cc1C(=O)NC1CCN(C2CC2)CC1. The molecule has 20 heavy (non-hydrogen) atoms. The summed E-state index contributed by atoms with van der Waals surface area (Å²) in [4.78, 5) is 14.6. The van der Waals surface area contributed by atoms with E-state index >= 15 is 0 Å². The van der Waals surface area contributed by atoms with Crippen LogP contribution < -0.4 is 11.1 Å². The minimum Gasteiger partial charge on any atom is -0.398 e. The largest absolute Gasteiger partial charge is 0.398 e. The molecule has 3 rings (SSSR count). The van der Waals surface area contributed by atoms with Gasteiger partial charge >= 0.3 is 0 Å². The van der Waals surface area contributed by atoms with Crippen LogP contribution in [0.25, 0.3) is 0 Å². The van der Waals surface area contributed by atoms with Crippen molar-refractivity contribution in [1.82, 2.24) is 10.2 Å². The summed E-state index contributed by atoms with van der Waals surface area (Å²) >= 11 is 0. The average Bonchev–Trinajstić information content (AvgIpc) is 3.27. The Kier molecular flexibility index (Phi) is 3.61. The molecule has 0 radical (unpaired) electrons. The molecule has 1 aliphatic carbocycles. The highest BCUT2D eigenvalue weighted by molar-refractivity contribution is 5.99. The minimum atomic E-state index is -0.437. The van der Waals surface area contributed by atoms with Crippen molar-refractivity contribution in [2.24, 2.45) is 0 Å². The maximum absolute atomic E-state index is 13.2. The molecule has 0 spiro atoms. The van der Waals surface area contributed by atoms with E-state index in [0.29, 0.717) is 5.69 Å². The van der Waals surface area contributed by atoms with Crippen molar-refractivity contribution in [1.29, 1.82) is 0 Å². The third kappa shape index (κ3) is 2.93. The molecule has 2 fully saturated rings. The van der Waals surface area contributed by atoms with Crippen LogP contribution in [0, 0.1) is 5.82 Å². The molecule has 2 aliphatic rings. The van der Waals surface area contributed by atoms with E-state index in [4.69, 9.17) is 5.73 Å². The summed E-state index contributed by atoms with van der Waals surface area (Å²) < 4.78 is 13.2. The lowest BCUT2D eigenvalue weighted by Crippen LogP contribution is -2.45. The molecule has 0 bridgehead atoms. The molecule has 108 valence electrons. The predicted molar refractivity (Wildman–Crippen MR) is 75.9 cm³/mol. The summed E-state index contributed by atoms with van der Waals surface area (Å²) in [7, 11) is 0. The van der Waals surface area contributed by atoms with Gasteiger partial charge in [0.1, 0.15) is 5.82 Å². The van der Waals surface area contributed by atoms with Gasteiger partial charge in [-0.2, -0.15) is 0 Å². The molecular weight excluding hydrogens is 257 g/mol. The van der Waals surface area contributed by atoms with Crippen molar-refractivity contribution in [3.63, 3.8) is 0 Å². The molecule has 1 amide bonds. The number of benzene rings is 1. The van der Waals surface area contributed by atoms with E-state index in [9.17, 15) is 9.18 Å². The first kappa shape index (κ1) is 13.4. The van der Waals surface area contributed by atoms with Crippen LogP contribution in [0.1, 0.15) is 36.0 Å². The topological polar surface area (TPSA) is 58.4 Å². The van der Waals surface area contributed by atoms with Crippen molar-refractivity contribution in [3.05, 3.63) is 29.6 Å². The van der Waals surface area contributed by atoms with Crippen molar-refractivity contribution < 1.29 is 9.18 Å². The molecular formula is C15H20FN3O. The summed E-state index contributed by atoms with van der Waals surface area (Å²) in [6.07, 6.45) is 4.54. The fourth-order valence-corrected chi connectivity index (χ4v) is 2.84. The number of likely N-dealkylation sites (tertiary alicyclic amines) is 1. The number of nitrogens with zero attached hydrogens (tertiary/aromatic N) is 1. The summed E-state index contributed by atoms with van der Waals surface area (Å²) in [6.45, 7) is 2.07. The summed E-state index contributed by atoms with van der Waals surface area (Å²) in [5, 5.41) is 2.97. The molecule has 0 aromatic heterocycles. The zero-order chi connectivity index (χ0) is 14.1. The molecule has 0 atom stereocenters. The number of rotatable bonds is 3. The summed E-state index contributed by atoms with van der Waals surface area (Å²) in [5.74, 6) is -0.709. The van der Waals surface area contributed by atoms with E-state index in [1.165, 1.54) is 31.0 Å². The molecule has 1 saturated carbocycles. The van der Waals surface area contributed by atoms with Crippen LogP contribution in [0.5, 0.6) is 0 Å². The fourth-order valence-electron chi connectivity index (χ4n) is 2.84. The lowest BCUT2D eigenvalue weighted by Gasteiger charge is -2.32. The van der Waals surface area contributed by atoms with Gasteiger partial charge in [-0.3, -0.25) is 4.79 Å².